The summed E-state index contributed by atoms with van der Waals surface area (Å²) in [4.78, 5) is 14.5. The molecule has 0 aliphatic carbocycles. The van der Waals surface area contributed by atoms with Gasteiger partial charge in [0.25, 0.3) is 5.91 Å². The van der Waals surface area contributed by atoms with E-state index in [-0.39, 0.29) is 5.91 Å². The van der Waals surface area contributed by atoms with Crippen molar-refractivity contribution < 1.29 is 4.79 Å². The van der Waals surface area contributed by atoms with E-state index in [9.17, 15) is 4.79 Å². The highest BCUT2D eigenvalue weighted by Crippen LogP contribution is 2.24. The minimum absolute atomic E-state index is 0.0648. The lowest BCUT2D eigenvalue weighted by Crippen LogP contribution is -2.41. The van der Waals surface area contributed by atoms with Crippen LogP contribution in [0, 0.1) is 0 Å². The average Bonchev–Trinajstić information content (AvgIpc) is 2.93. The van der Waals surface area contributed by atoms with Crippen LogP contribution in [0.5, 0.6) is 0 Å². The summed E-state index contributed by atoms with van der Waals surface area (Å²) in [6.07, 6.45) is 3.31. The standard InChI is InChI=1S/C15H20BrClN2O/c1-2-8-19(10-12-4-3-7-18-12)15(20)11-5-6-13(16)14(17)9-11/h5-6,9,12,18H,2-4,7-8,10H2,1H3. The van der Waals surface area contributed by atoms with Crippen LogP contribution in [-0.4, -0.2) is 36.5 Å². The van der Waals surface area contributed by atoms with Crippen molar-refractivity contribution in [3.05, 3.63) is 33.3 Å². The summed E-state index contributed by atoms with van der Waals surface area (Å²) in [6, 6.07) is 5.81. The molecule has 1 unspecified atom stereocenters. The van der Waals surface area contributed by atoms with Gasteiger partial charge in [-0.15, -0.1) is 0 Å². The van der Waals surface area contributed by atoms with Crippen molar-refractivity contribution in [3.8, 4) is 0 Å². The number of nitrogens with zero attached hydrogens (tertiary/aromatic N) is 1. The molecule has 20 heavy (non-hydrogen) atoms. The summed E-state index contributed by atoms with van der Waals surface area (Å²) < 4.78 is 0.815. The number of hydrogen-bond donors (Lipinski definition) is 1. The van der Waals surface area contributed by atoms with Crippen molar-refractivity contribution >= 4 is 33.4 Å². The van der Waals surface area contributed by atoms with Crippen LogP contribution in [0.3, 0.4) is 0 Å². The van der Waals surface area contributed by atoms with Gasteiger partial charge >= 0.3 is 0 Å². The van der Waals surface area contributed by atoms with E-state index < -0.39 is 0 Å². The van der Waals surface area contributed by atoms with E-state index in [1.807, 2.05) is 17.0 Å². The van der Waals surface area contributed by atoms with Gasteiger partial charge in [0.1, 0.15) is 0 Å². The van der Waals surface area contributed by atoms with E-state index in [2.05, 4.69) is 28.2 Å². The van der Waals surface area contributed by atoms with Crippen LogP contribution in [-0.2, 0) is 0 Å². The van der Waals surface area contributed by atoms with E-state index in [1.54, 1.807) is 6.07 Å². The van der Waals surface area contributed by atoms with E-state index in [1.165, 1.54) is 6.42 Å². The third-order valence-electron chi connectivity index (χ3n) is 3.55. The third kappa shape index (κ3) is 3.96. The summed E-state index contributed by atoms with van der Waals surface area (Å²) in [6.45, 7) is 4.71. The Kier molecular flexibility index (Phi) is 5.87. The predicted octanol–water partition coefficient (Wildman–Crippen LogP) is 3.71. The van der Waals surface area contributed by atoms with Gasteiger partial charge in [0.15, 0.2) is 0 Å². The molecular weight excluding hydrogens is 340 g/mol. The van der Waals surface area contributed by atoms with Crippen molar-refractivity contribution in [1.29, 1.82) is 0 Å². The fraction of sp³-hybridized carbons (Fsp3) is 0.533. The van der Waals surface area contributed by atoms with Crippen LogP contribution in [0.25, 0.3) is 0 Å². The smallest absolute Gasteiger partial charge is 0.253 e. The number of carbonyl (C=O) groups is 1. The molecule has 0 bridgehead atoms. The van der Waals surface area contributed by atoms with Gasteiger partial charge in [0.2, 0.25) is 0 Å². The lowest BCUT2D eigenvalue weighted by Gasteiger charge is -2.25. The Morgan fingerprint density at radius 3 is 2.95 bits per heavy atom. The molecular formula is C15H20BrClN2O. The van der Waals surface area contributed by atoms with Gasteiger partial charge in [-0.3, -0.25) is 4.79 Å². The van der Waals surface area contributed by atoms with Crippen LogP contribution in [0.2, 0.25) is 5.02 Å². The zero-order valence-corrected chi connectivity index (χ0v) is 14.0. The van der Waals surface area contributed by atoms with Crippen molar-refractivity contribution in [2.75, 3.05) is 19.6 Å². The molecule has 0 saturated carbocycles. The Bertz CT molecular complexity index is 475. The first-order valence-electron chi connectivity index (χ1n) is 7.09. The molecule has 1 amide bonds. The predicted molar refractivity (Wildman–Crippen MR) is 86.4 cm³/mol. The Hall–Kier alpha value is -0.580. The summed E-state index contributed by atoms with van der Waals surface area (Å²) in [5, 5.41) is 4.02. The number of benzene rings is 1. The molecule has 1 aromatic carbocycles. The molecule has 2 rings (SSSR count). The molecule has 1 fully saturated rings. The summed E-state index contributed by atoms with van der Waals surface area (Å²) >= 11 is 9.43. The number of halogens is 2. The minimum atomic E-state index is 0.0648. The maximum absolute atomic E-state index is 12.6. The molecule has 1 N–H and O–H groups in total. The first-order chi connectivity index (χ1) is 9.61. The zero-order chi connectivity index (χ0) is 14.5. The molecule has 1 aliphatic rings. The summed E-state index contributed by atoms with van der Waals surface area (Å²) in [5.41, 5.74) is 0.657. The molecule has 1 atom stereocenters. The van der Waals surface area contributed by atoms with Crippen molar-refractivity contribution in [2.24, 2.45) is 0 Å². The Morgan fingerprint density at radius 1 is 1.55 bits per heavy atom. The average molecular weight is 360 g/mol. The summed E-state index contributed by atoms with van der Waals surface area (Å²) in [5.74, 6) is 0.0648. The fourth-order valence-electron chi connectivity index (χ4n) is 2.54. The van der Waals surface area contributed by atoms with E-state index in [0.29, 0.717) is 16.6 Å². The lowest BCUT2D eigenvalue weighted by atomic mass is 10.1. The van der Waals surface area contributed by atoms with Crippen molar-refractivity contribution in [1.82, 2.24) is 10.2 Å². The van der Waals surface area contributed by atoms with Crippen LogP contribution in [0.15, 0.2) is 22.7 Å². The van der Waals surface area contributed by atoms with Crippen LogP contribution in [0.4, 0.5) is 0 Å². The third-order valence-corrected chi connectivity index (χ3v) is 4.78. The van der Waals surface area contributed by atoms with Gasteiger partial charge in [0.05, 0.1) is 5.02 Å². The molecule has 110 valence electrons. The number of hydrogen-bond acceptors (Lipinski definition) is 2. The molecule has 1 saturated heterocycles. The maximum Gasteiger partial charge on any atom is 0.253 e. The molecule has 3 nitrogen and oxygen atoms in total. The van der Waals surface area contributed by atoms with Gasteiger partial charge in [-0.25, -0.2) is 0 Å². The number of rotatable bonds is 5. The Labute approximate surface area is 133 Å². The first-order valence-corrected chi connectivity index (χ1v) is 8.26. The first kappa shape index (κ1) is 15.8. The second kappa shape index (κ2) is 7.43. The molecule has 0 radical (unpaired) electrons. The van der Waals surface area contributed by atoms with Gasteiger partial charge in [-0.05, 0) is 59.9 Å². The molecule has 1 aromatic rings. The molecule has 1 aliphatic heterocycles. The number of amides is 1. The lowest BCUT2D eigenvalue weighted by molar-refractivity contribution is 0.0742. The fourth-order valence-corrected chi connectivity index (χ4v) is 2.96. The van der Waals surface area contributed by atoms with Crippen LogP contribution < -0.4 is 5.32 Å². The highest BCUT2D eigenvalue weighted by molar-refractivity contribution is 9.10. The Balaban J connectivity index is 2.10. The van der Waals surface area contributed by atoms with Crippen molar-refractivity contribution in [2.45, 2.75) is 32.2 Å². The normalized spacial score (nSPS) is 18.2. The SMILES string of the molecule is CCCN(CC1CCCN1)C(=O)c1ccc(Br)c(Cl)c1. The molecule has 0 spiro atoms. The second-order valence-corrected chi connectivity index (χ2v) is 6.43. The second-order valence-electron chi connectivity index (χ2n) is 5.17. The maximum atomic E-state index is 12.6. The van der Waals surface area contributed by atoms with Gasteiger partial charge in [-0.1, -0.05) is 18.5 Å². The van der Waals surface area contributed by atoms with Crippen LogP contribution in [0.1, 0.15) is 36.5 Å². The highest BCUT2D eigenvalue weighted by Gasteiger charge is 2.22. The topological polar surface area (TPSA) is 32.3 Å². The van der Waals surface area contributed by atoms with E-state index in [4.69, 9.17) is 11.6 Å². The van der Waals surface area contributed by atoms with Crippen LogP contribution >= 0.6 is 27.5 Å². The molecule has 1 heterocycles. The van der Waals surface area contributed by atoms with E-state index >= 15 is 0 Å². The van der Waals surface area contributed by atoms with Crippen molar-refractivity contribution in [3.63, 3.8) is 0 Å². The van der Waals surface area contributed by atoms with Gasteiger partial charge in [0, 0.05) is 29.2 Å². The van der Waals surface area contributed by atoms with Gasteiger partial charge in [-0.2, -0.15) is 0 Å². The monoisotopic (exact) mass is 358 g/mol. The highest BCUT2D eigenvalue weighted by atomic mass is 79.9. The quantitative estimate of drug-likeness (QED) is 0.869. The Morgan fingerprint density at radius 2 is 2.35 bits per heavy atom. The number of carbonyl (C=O) groups excluding carboxylic acids is 1. The zero-order valence-electron chi connectivity index (χ0n) is 11.7. The molecule has 0 aromatic heterocycles. The largest absolute Gasteiger partial charge is 0.337 e. The number of nitrogens with one attached hydrogen (secondary N) is 1. The van der Waals surface area contributed by atoms with Gasteiger partial charge < -0.3 is 10.2 Å². The molecule has 5 heteroatoms. The van der Waals surface area contributed by atoms with E-state index in [0.717, 1.165) is 36.9 Å². The summed E-state index contributed by atoms with van der Waals surface area (Å²) in [7, 11) is 0. The minimum Gasteiger partial charge on any atom is -0.337 e.